The van der Waals surface area contributed by atoms with Gasteiger partial charge in [0.25, 0.3) is 5.91 Å². The molecule has 1 heterocycles. The Bertz CT molecular complexity index is 627. The number of carbonyl (C=O) groups excluding carboxylic acids is 1. The summed E-state index contributed by atoms with van der Waals surface area (Å²) in [7, 11) is 0. The van der Waals surface area contributed by atoms with Crippen molar-refractivity contribution in [3.63, 3.8) is 0 Å². The van der Waals surface area contributed by atoms with E-state index in [0.717, 1.165) is 70.3 Å². The van der Waals surface area contributed by atoms with Crippen LogP contribution in [0.3, 0.4) is 0 Å². The molecule has 0 aliphatic carbocycles. The second-order valence-corrected chi connectivity index (χ2v) is 7.41. The van der Waals surface area contributed by atoms with E-state index in [9.17, 15) is 4.79 Å². The highest BCUT2D eigenvalue weighted by atomic mass is 16.5. The van der Waals surface area contributed by atoms with E-state index >= 15 is 0 Å². The van der Waals surface area contributed by atoms with Crippen molar-refractivity contribution < 1.29 is 9.53 Å². The van der Waals surface area contributed by atoms with Crippen molar-refractivity contribution in [3.8, 4) is 0 Å². The van der Waals surface area contributed by atoms with Crippen LogP contribution >= 0.6 is 0 Å². The van der Waals surface area contributed by atoms with Crippen LogP contribution in [0.2, 0.25) is 0 Å². The van der Waals surface area contributed by atoms with Gasteiger partial charge in [0.15, 0.2) is 5.96 Å². The fourth-order valence-electron chi connectivity index (χ4n) is 3.02. The van der Waals surface area contributed by atoms with Crippen LogP contribution in [0.25, 0.3) is 0 Å². The van der Waals surface area contributed by atoms with Gasteiger partial charge in [-0.3, -0.25) is 9.69 Å². The van der Waals surface area contributed by atoms with Crippen LogP contribution in [0.5, 0.6) is 0 Å². The minimum absolute atomic E-state index is 0.0234. The number of hydrogen-bond acceptors (Lipinski definition) is 4. The lowest BCUT2D eigenvalue weighted by Gasteiger charge is -2.26. The average molecular weight is 404 g/mol. The maximum atomic E-state index is 12.2. The third kappa shape index (κ3) is 8.83. The zero-order valence-corrected chi connectivity index (χ0v) is 18.2. The Balaban J connectivity index is 1.78. The summed E-state index contributed by atoms with van der Waals surface area (Å²) in [5, 5.41) is 9.68. The van der Waals surface area contributed by atoms with Crippen molar-refractivity contribution in [3.05, 3.63) is 35.4 Å². The number of aliphatic imine (C=N–C) groups is 1. The topological polar surface area (TPSA) is 78.0 Å². The van der Waals surface area contributed by atoms with Crippen LogP contribution < -0.4 is 16.0 Å². The van der Waals surface area contributed by atoms with E-state index in [2.05, 4.69) is 39.7 Å². The molecular formula is C22H37N5O2. The molecule has 1 aliphatic heterocycles. The fourth-order valence-corrected chi connectivity index (χ4v) is 3.02. The van der Waals surface area contributed by atoms with Crippen molar-refractivity contribution >= 4 is 11.9 Å². The number of rotatable bonds is 10. The Hall–Kier alpha value is -2.12. The van der Waals surface area contributed by atoms with E-state index < -0.39 is 0 Å². The lowest BCUT2D eigenvalue weighted by atomic mass is 10.1. The van der Waals surface area contributed by atoms with Gasteiger partial charge in [0.1, 0.15) is 0 Å². The van der Waals surface area contributed by atoms with E-state index in [0.29, 0.717) is 12.1 Å². The van der Waals surface area contributed by atoms with Crippen molar-refractivity contribution in [2.45, 2.75) is 46.2 Å². The van der Waals surface area contributed by atoms with Gasteiger partial charge in [0.05, 0.1) is 19.8 Å². The predicted molar refractivity (Wildman–Crippen MR) is 118 cm³/mol. The first kappa shape index (κ1) is 23.2. The molecule has 1 aliphatic rings. The van der Waals surface area contributed by atoms with Crippen LogP contribution in [0.1, 0.15) is 49.5 Å². The first-order chi connectivity index (χ1) is 14.1. The van der Waals surface area contributed by atoms with Gasteiger partial charge in [0, 0.05) is 37.8 Å². The second kappa shape index (κ2) is 13.2. The molecule has 0 radical (unpaired) electrons. The molecule has 0 spiro atoms. The number of guanidine groups is 1. The van der Waals surface area contributed by atoms with E-state index in [1.807, 2.05) is 31.2 Å². The summed E-state index contributed by atoms with van der Waals surface area (Å²) in [5.41, 5.74) is 1.77. The minimum Gasteiger partial charge on any atom is -0.379 e. The standard InChI is InChI=1S/C22H37N5O2/c1-4-18(3)26-21(28)20-9-7-19(8-10-20)17-25-22(23-5-2)24-11-6-12-27-13-15-29-16-14-27/h7-10,18H,4-6,11-17H2,1-3H3,(H,26,28)(H2,23,24,25). The monoisotopic (exact) mass is 403 g/mol. The Labute approximate surface area is 175 Å². The van der Waals surface area contributed by atoms with Crippen molar-refractivity contribution in [2.75, 3.05) is 45.9 Å². The van der Waals surface area contributed by atoms with E-state index in [4.69, 9.17) is 4.74 Å². The molecular weight excluding hydrogens is 366 g/mol. The van der Waals surface area contributed by atoms with Crippen molar-refractivity contribution in [1.29, 1.82) is 0 Å². The number of amides is 1. The number of nitrogens with one attached hydrogen (secondary N) is 3. The number of nitrogens with zero attached hydrogens (tertiary/aromatic N) is 2. The third-order valence-electron chi connectivity index (χ3n) is 5.02. The second-order valence-electron chi connectivity index (χ2n) is 7.41. The molecule has 7 heteroatoms. The third-order valence-corrected chi connectivity index (χ3v) is 5.02. The number of ether oxygens (including phenoxy) is 1. The van der Waals surface area contributed by atoms with Gasteiger partial charge in [-0.2, -0.15) is 0 Å². The quantitative estimate of drug-likeness (QED) is 0.316. The summed E-state index contributed by atoms with van der Waals surface area (Å²) in [6, 6.07) is 7.86. The Morgan fingerprint density at radius 1 is 1.17 bits per heavy atom. The number of hydrogen-bond donors (Lipinski definition) is 3. The molecule has 0 bridgehead atoms. The van der Waals surface area contributed by atoms with Gasteiger partial charge in [-0.15, -0.1) is 0 Å². The molecule has 1 amide bonds. The van der Waals surface area contributed by atoms with Gasteiger partial charge in [-0.1, -0.05) is 19.1 Å². The van der Waals surface area contributed by atoms with Gasteiger partial charge in [-0.25, -0.2) is 4.99 Å². The molecule has 2 rings (SSSR count). The van der Waals surface area contributed by atoms with Crippen LogP contribution in [0, 0.1) is 0 Å². The van der Waals surface area contributed by atoms with Crippen LogP contribution in [0.15, 0.2) is 29.3 Å². The Morgan fingerprint density at radius 2 is 1.90 bits per heavy atom. The smallest absolute Gasteiger partial charge is 0.251 e. The number of carbonyl (C=O) groups is 1. The molecule has 29 heavy (non-hydrogen) atoms. The average Bonchev–Trinajstić information content (AvgIpc) is 2.75. The van der Waals surface area contributed by atoms with Crippen molar-refractivity contribution in [2.24, 2.45) is 4.99 Å². The molecule has 0 aromatic heterocycles. The van der Waals surface area contributed by atoms with Crippen LogP contribution in [0.4, 0.5) is 0 Å². The highest BCUT2D eigenvalue weighted by molar-refractivity contribution is 5.94. The molecule has 1 saturated heterocycles. The zero-order chi connectivity index (χ0) is 20.9. The lowest BCUT2D eigenvalue weighted by Crippen LogP contribution is -2.40. The SMILES string of the molecule is CCNC(=NCc1ccc(C(=O)NC(C)CC)cc1)NCCCN1CCOCC1. The molecule has 7 nitrogen and oxygen atoms in total. The van der Waals surface area contributed by atoms with Crippen molar-refractivity contribution in [1.82, 2.24) is 20.9 Å². The molecule has 162 valence electrons. The first-order valence-corrected chi connectivity index (χ1v) is 10.8. The number of benzene rings is 1. The van der Waals surface area contributed by atoms with Gasteiger partial charge in [-0.05, 0) is 50.9 Å². The fraction of sp³-hybridized carbons (Fsp3) is 0.636. The summed E-state index contributed by atoms with van der Waals surface area (Å²) in [6.07, 6.45) is 2.00. The van der Waals surface area contributed by atoms with Gasteiger partial charge < -0.3 is 20.7 Å². The van der Waals surface area contributed by atoms with Gasteiger partial charge >= 0.3 is 0 Å². The Morgan fingerprint density at radius 3 is 2.55 bits per heavy atom. The van der Waals surface area contributed by atoms with Crippen LogP contribution in [-0.2, 0) is 11.3 Å². The largest absolute Gasteiger partial charge is 0.379 e. The molecule has 1 aromatic rings. The lowest BCUT2D eigenvalue weighted by molar-refractivity contribution is 0.0376. The normalized spacial score (nSPS) is 16.3. The van der Waals surface area contributed by atoms with E-state index in [-0.39, 0.29) is 11.9 Å². The van der Waals surface area contributed by atoms with Crippen LogP contribution in [-0.4, -0.2) is 68.7 Å². The molecule has 1 aromatic carbocycles. The molecule has 1 fully saturated rings. The first-order valence-electron chi connectivity index (χ1n) is 10.8. The molecule has 1 atom stereocenters. The Kier molecular flexibility index (Phi) is 10.5. The molecule has 1 unspecified atom stereocenters. The van der Waals surface area contributed by atoms with Gasteiger partial charge in [0.2, 0.25) is 0 Å². The number of morpholine rings is 1. The summed E-state index contributed by atoms with van der Waals surface area (Å²) in [6.45, 7) is 13.2. The predicted octanol–water partition coefficient (Wildman–Crippen LogP) is 1.99. The minimum atomic E-state index is -0.0234. The highest BCUT2D eigenvalue weighted by Gasteiger charge is 2.10. The maximum absolute atomic E-state index is 12.2. The summed E-state index contributed by atoms with van der Waals surface area (Å²) < 4.78 is 5.38. The summed E-state index contributed by atoms with van der Waals surface area (Å²) in [4.78, 5) is 19.3. The highest BCUT2D eigenvalue weighted by Crippen LogP contribution is 2.07. The zero-order valence-electron chi connectivity index (χ0n) is 18.2. The molecule has 0 saturated carbocycles. The summed E-state index contributed by atoms with van der Waals surface area (Å²) >= 11 is 0. The van der Waals surface area contributed by atoms with E-state index in [1.165, 1.54) is 0 Å². The molecule has 3 N–H and O–H groups in total. The maximum Gasteiger partial charge on any atom is 0.251 e. The summed E-state index contributed by atoms with van der Waals surface area (Å²) in [5.74, 6) is 0.803. The van der Waals surface area contributed by atoms with E-state index in [1.54, 1.807) is 0 Å².